The molecule has 2 N–H and O–H groups in total. The first kappa shape index (κ1) is 8.07. The van der Waals surface area contributed by atoms with Crippen molar-refractivity contribution in [1.82, 2.24) is 20.5 Å². The Hall–Kier alpha value is -0.550. The number of aromatic nitrogens is 3. The molecule has 4 nitrogen and oxygen atoms in total. The minimum absolute atomic E-state index is 0.806. The fourth-order valence-electron chi connectivity index (χ4n) is 1.32. The summed E-state index contributed by atoms with van der Waals surface area (Å²) < 4.78 is 0. The fraction of sp³-hybridized carbons (Fsp3) is 0.714. The maximum absolute atomic E-state index is 4.05. The molecule has 1 aliphatic rings. The van der Waals surface area contributed by atoms with Gasteiger partial charge >= 0.3 is 0 Å². The van der Waals surface area contributed by atoms with Crippen molar-refractivity contribution in [2.75, 3.05) is 18.8 Å². The third-order valence-corrected chi connectivity index (χ3v) is 3.12. The van der Waals surface area contributed by atoms with Gasteiger partial charge in [-0.05, 0) is 25.4 Å². The van der Waals surface area contributed by atoms with Crippen LogP contribution in [0.25, 0.3) is 0 Å². The lowest BCUT2D eigenvalue weighted by Gasteiger charge is -2.04. The molecule has 1 fully saturated rings. The number of aromatic amines is 1. The van der Waals surface area contributed by atoms with Crippen molar-refractivity contribution in [3.8, 4) is 0 Å². The van der Waals surface area contributed by atoms with Gasteiger partial charge in [0.2, 0.25) is 0 Å². The van der Waals surface area contributed by atoms with E-state index in [0.29, 0.717) is 0 Å². The van der Waals surface area contributed by atoms with E-state index in [4.69, 9.17) is 0 Å². The van der Waals surface area contributed by atoms with Crippen molar-refractivity contribution < 1.29 is 0 Å². The van der Waals surface area contributed by atoms with Crippen LogP contribution in [0.2, 0.25) is 0 Å². The van der Waals surface area contributed by atoms with E-state index in [1.807, 2.05) is 0 Å². The quantitative estimate of drug-likeness (QED) is 0.672. The maximum atomic E-state index is 4.05. The van der Waals surface area contributed by atoms with E-state index in [9.17, 15) is 0 Å². The first-order chi connectivity index (χ1) is 5.95. The summed E-state index contributed by atoms with van der Waals surface area (Å²) in [6.07, 6.45) is 2.84. The molecule has 0 amide bonds. The summed E-state index contributed by atoms with van der Waals surface area (Å²) in [5.74, 6) is 1.95. The van der Waals surface area contributed by atoms with Crippen LogP contribution < -0.4 is 5.32 Å². The lowest BCUT2D eigenvalue weighted by Crippen LogP contribution is -2.10. The normalized spacial score (nSPS) is 23.2. The minimum Gasteiger partial charge on any atom is -0.316 e. The molecule has 5 heteroatoms. The van der Waals surface area contributed by atoms with E-state index in [-0.39, 0.29) is 0 Å². The molecule has 1 aliphatic heterocycles. The Morgan fingerprint density at radius 2 is 2.67 bits per heavy atom. The number of rotatable bonds is 3. The van der Waals surface area contributed by atoms with Gasteiger partial charge in [-0.3, -0.25) is 5.10 Å². The van der Waals surface area contributed by atoms with Gasteiger partial charge in [-0.1, -0.05) is 11.8 Å². The summed E-state index contributed by atoms with van der Waals surface area (Å²) in [4.78, 5) is 4.05. The number of nitrogens with one attached hydrogen (secondary N) is 2. The van der Waals surface area contributed by atoms with Crippen molar-refractivity contribution in [3.63, 3.8) is 0 Å². The zero-order valence-electron chi connectivity index (χ0n) is 6.79. The largest absolute Gasteiger partial charge is 0.316 e. The van der Waals surface area contributed by atoms with Crippen LogP contribution >= 0.6 is 11.8 Å². The minimum atomic E-state index is 0.806. The predicted molar refractivity (Wildman–Crippen MR) is 48.1 cm³/mol. The van der Waals surface area contributed by atoms with Crippen LogP contribution in [0, 0.1) is 5.92 Å². The molecule has 0 aromatic carbocycles. The Morgan fingerprint density at radius 3 is 3.33 bits per heavy atom. The predicted octanol–water partition coefficient (Wildman–Crippen LogP) is 0.506. The molecule has 2 rings (SSSR count). The number of thioether (sulfide) groups is 1. The van der Waals surface area contributed by atoms with Crippen LogP contribution in [0.3, 0.4) is 0 Å². The Labute approximate surface area is 75.5 Å². The summed E-state index contributed by atoms with van der Waals surface area (Å²) in [5, 5.41) is 10.9. The van der Waals surface area contributed by atoms with E-state index in [1.54, 1.807) is 18.1 Å². The third-order valence-electron chi connectivity index (χ3n) is 2.01. The third kappa shape index (κ3) is 1.98. The standard InChI is InChI=1S/C7H12N4S/c1-2-8-3-6(1)4-12-7-9-5-10-11-7/h5-6,8H,1-4H2,(H,9,10,11). The molecular weight excluding hydrogens is 172 g/mol. The highest BCUT2D eigenvalue weighted by Gasteiger charge is 2.14. The molecule has 1 saturated heterocycles. The van der Waals surface area contributed by atoms with Crippen LogP contribution in [-0.2, 0) is 0 Å². The van der Waals surface area contributed by atoms with Gasteiger partial charge < -0.3 is 5.32 Å². The average Bonchev–Trinajstić information content (AvgIpc) is 2.74. The fourth-order valence-corrected chi connectivity index (χ4v) is 2.23. The van der Waals surface area contributed by atoms with Gasteiger partial charge in [0.25, 0.3) is 0 Å². The molecule has 66 valence electrons. The maximum Gasteiger partial charge on any atom is 0.183 e. The highest BCUT2D eigenvalue weighted by Crippen LogP contribution is 2.19. The van der Waals surface area contributed by atoms with E-state index in [2.05, 4.69) is 20.5 Å². The molecule has 0 bridgehead atoms. The molecule has 1 aromatic heterocycles. The van der Waals surface area contributed by atoms with Crippen molar-refractivity contribution >= 4 is 11.8 Å². The van der Waals surface area contributed by atoms with Crippen LogP contribution in [-0.4, -0.2) is 34.0 Å². The van der Waals surface area contributed by atoms with Crippen molar-refractivity contribution in [2.24, 2.45) is 5.92 Å². The average molecular weight is 184 g/mol. The summed E-state index contributed by atoms with van der Waals surface area (Å²) in [5.41, 5.74) is 0. The van der Waals surface area contributed by atoms with Gasteiger partial charge in [-0.25, -0.2) is 4.98 Å². The Balaban J connectivity index is 1.74. The lowest BCUT2D eigenvalue weighted by molar-refractivity contribution is 0.661. The second-order valence-electron chi connectivity index (χ2n) is 2.96. The molecule has 1 aromatic rings. The number of nitrogens with zero attached hydrogens (tertiary/aromatic N) is 2. The Bertz CT molecular complexity index is 217. The van der Waals surface area contributed by atoms with Gasteiger partial charge in [-0.15, -0.1) is 0 Å². The second kappa shape index (κ2) is 3.91. The summed E-state index contributed by atoms with van der Waals surface area (Å²) in [6, 6.07) is 0. The molecule has 12 heavy (non-hydrogen) atoms. The second-order valence-corrected chi connectivity index (χ2v) is 3.97. The zero-order valence-corrected chi connectivity index (χ0v) is 7.60. The zero-order chi connectivity index (χ0) is 8.23. The van der Waals surface area contributed by atoms with Gasteiger partial charge in [-0.2, -0.15) is 5.10 Å². The van der Waals surface area contributed by atoms with Crippen LogP contribution in [0.15, 0.2) is 11.5 Å². The van der Waals surface area contributed by atoms with Crippen LogP contribution in [0.1, 0.15) is 6.42 Å². The number of H-pyrrole nitrogens is 1. The van der Waals surface area contributed by atoms with Crippen molar-refractivity contribution in [2.45, 2.75) is 11.6 Å². The van der Waals surface area contributed by atoms with E-state index in [0.717, 1.165) is 23.4 Å². The molecule has 0 spiro atoms. The van der Waals surface area contributed by atoms with Gasteiger partial charge in [0.1, 0.15) is 6.33 Å². The molecule has 0 radical (unpaired) electrons. The Kier molecular flexibility index (Phi) is 2.63. The molecular formula is C7H12N4S. The summed E-state index contributed by atoms with van der Waals surface area (Å²) in [7, 11) is 0. The number of hydrogen-bond donors (Lipinski definition) is 2. The Morgan fingerprint density at radius 1 is 1.67 bits per heavy atom. The molecule has 1 atom stereocenters. The van der Waals surface area contributed by atoms with Gasteiger partial charge in [0.15, 0.2) is 5.16 Å². The monoisotopic (exact) mass is 184 g/mol. The smallest absolute Gasteiger partial charge is 0.183 e. The molecule has 2 heterocycles. The first-order valence-electron chi connectivity index (χ1n) is 4.14. The molecule has 0 saturated carbocycles. The topological polar surface area (TPSA) is 53.6 Å². The van der Waals surface area contributed by atoms with E-state index < -0.39 is 0 Å². The molecule has 1 unspecified atom stereocenters. The van der Waals surface area contributed by atoms with Gasteiger partial charge in [0, 0.05) is 5.75 Å². The van der Waals surface area contributed by atoms with Gasteiger partial charge in [0.05, 0.1) is 0 Å². The number of hydrogen-bond acceptors (Lipinski definition) is 4. The molecule has 0 aliphatic carbocycles. The van der Waals surface area contributed by atoms with Crippen molar-refractivity contribution in [1.29, 1.82) is 0 Å². The summed E-state index contributed by atoms with van der Waals surface area (Å²) >= 11 is 1.76. The SMILES string of the molecule is c1n[nH]c(SCC2CCNC2)n1. The highest BCUT2D eigenvalue weighted by atomic mass is 32.2. The van der Waals surface area contributed by atoms with Crippen LogP contribution in [0.5, 0.6) is 0 Å². The lowest BCUT2D eigenvalue weighted by atomic mass is 10.2. The first-order valence-corrected chi connectivity index (χ1v) is 5.12. The van der Waals surface area contributed by atoms with Crippen molar-refractivity contribution in [3.05, 3.63) is 6.33 Å². The van der Waals surface area contributed by atoms with E-state index in [1.165, 1.54) is 13.0 Å². The van der Waals surface area contributed by atoms with E-state index >= 15 is 0 Å². The highest BCUT2D eigenvalue weighted by molar-refractivity contribution is 7.99. The van der Waals surface area contributed by atoms with Crippen LogP contribution in [0.4, 0.5) is 0 Å². The summed E-state index contributed by atoms with van der Waals surface area (Å²) in [6.45, 7) is 2.32.